The standard InChI is InChI=1S/C15H23N3O3S/c1-9-6-11(7-13(10(9)2)22(17,20)21)14(19)18-15(3,8-16)12-4-5-12/h6-7,12H,4-5,8,16H2,1-3H3,(H,18,19)(H2,17,20,21). The number of hydrogen-bond donors (Lipinski definition) is 3. The van der Waals surface area contributed by atoms with E-state index in [9.17, 15) is 13.2 Å². The molecule has 1 aliphatic carbocycles. The Hall–Kier alpha value is -1.44. The summed E-state index contributed by atoms with van der Waals surface area (Å²) in [6.45, 7) is 5.69. The molecular formula is C15H23N3O3S. The topological polar surface area (TPSA) is 115 Å². The molecule has 0 aromatic heterocycles. The van der Waals surface area contributed by atoms with Crippen molar-refractivity contribution in [2.75, 3.05) is 6.54 Å². The van der Waals surface area contributed by atoms with Gasteiger partial charge in [0, 0.05) is 12.1 Å². The molecule has 22 heavy (non-hydrogen) atoms. The number of carbonyl (C=O) groups is 1. The minimum absolute atomic E-state index is 0.0153. The van der Waals surface area contributed by atoms with Crippen molar-refractivity contribution in [3.05, 3.63) is 28.8 Å². The third-order valence-corrected chi connectivity index (χ3v) is 5.53. The second-order valence-corrected chi connectivity index (χ2v) is 7.84. The minimum atomic E-state index is -3.87. The molecule has 1 saturated carbocycles. The van der Waals surface area contributed by atoms with Crippen LogP contribution >= 0.6 is 0 Å². The lowest BCUT2D eigenvalue weighted by Gasteiger charge is -2.29. The molecule has 0 saturated heterocycles. The van der Waals surface area contributed by atoms with E-state index < -0.39 is 15.6 Å². The van der Waals surface area contributed by atoms with Crippen LogP contribution in [0.4, 0.5) is 0 Å². The lowest BCUT2D eigenvalue weighted by Crippen LogP contribution is -2.53. The van der Waals surface area contributed by atoms with Crippen LogP contribution in [0, 0.1) is 19.8 Å². The average molecular weight is 325 g/mol. The van der Waals surface area contributed by atoms with Gasteiger partial charge in [-0.25, -0.2) is 13.6 Å². The van der Waals surface area contributed by atoms with Crippen LogP contribution in [0.5, 0.6) is 0 Å². The molecule has 1 fully saturated rings. The van der Waals surface area contributed by atoms with E-state index in [4.69, 9.17) is 10.9 Å². The third kappa shape index (κ3) is 3.31. The van der Waals surface area contributed by atoms with Crippen molar-refractivity contribution >= 4 is 15.9 Å². The molecule has 5 N–H and O–H groups in total. The van der Waals surface area contributed by atoms with E-state index in [0.717, 1.165) is 12.8 Å². The number of aryl methyl sites for hydroxylation is 1. The number of nitrogens with two attached hydrogens (primary N) is 2. The number of benzene rings is 1. The Bertz CT molecular complexity index is 711. The van der Waals surface area contributed by atoms with Gasteiger partial charge in [-0.3, -0.25) is 4.79 Å². The number of hydrogen-bond acceptors (Lipinski definition) is 4. The molecule has 0 bridgehead atoms. The van der Waals surface area contributed by atoms with Gasteiger partial charge >= 0.3 is 0 Å². The van der Waals surface area contributed by atoms with Gasteiger partial charge in [0.1, 0.15) is 0 Å². The van der Waals surface area contributed by atoms with Crippen molar-refractivity contribution in [2.45, 2.75) is 44.0 Å². The molecule has 0 aliphatic heterocycles. The van der Waals surface area contributed by atoms with E-state index in [1.807, 2.05) is 6.92 Å². The van der Waals surface area contributed by atoms with E-state index in [-0.39, 0.29) is 16.4 Å². The molecule has 2 rings (SSSR count). The summed E-state index contributed by atoms with van der Waals surface area (Å²) in [6.07, 6.45) is 2.09. The Kier molecular flexibility index (Phi) is 4.34. The SMILES string of the molecule is Cc1cc(C(=O)NC(C)(CN)C2CC2)cc(S(N)(=O)=O)c1C. The number of rotatable bonds is 5. The molecular weight excluding hydrogens is 302 g/mol. The first kappa shape index (κ1) is 16.9. The van der Waals surface area contributed by atoms with Gasteiger partial charge in [0.15, 0.2) is 0 Å². The zero-order valence-electron chi connectivity index (χ0n) is 13.1. The monoisotopic (exact) mass is 325 g/mol. The fourth-order valence-corrected chi connectivity index (χ4v) is 3.50. The van der Waals surface area contributed by atoms with Crippen LogP contribution < -0.4 is 16.2 Å². The smallest absolute Gasteiger partial charge is 0.251 e. The van der Waals surface area contributed by atoms with E-state index in [1.54, 1.807) is 19.9 Å². The largest absolute Gasteiger partial charge is 0.345 e. The van der Waals surface area contributed by atoms with E-state index in [0.29, 0.717) is 23.6 Å². The highest BCUT2D eigenvalue weighted by atomic mass is 32.2. The van der Waals surface area contributed by atoms with E-state index in [2.05, 4.69) is 5.32 Å². The van der Waals surface area contributed by atoms with Gasteiger partial charge in [-0.15, -0.1) is 0 Å². The van der Waals surface area contributed by atoms with Gasteiger partial charge in [-0.1, -0.05) is 0 Å². The second kappa shape index (κ2) is 5.64. The first-order valence-electron chi connectivity index (χ1n) is 7.25. The summed E-state index contributed by atoms with van der Waals surface area (Å²) in [5.74, 6) is 0.0542. The molecule has 6 nitrogen and oxygen atoms in total. The third-order valence-electron chi connectivity index (χ3n) is 4.49. The summed E-state index contributed by atoms with van der Waals surface area (Å²) >= 11 is 0. The first-order chi connectivity index (χ1) is 10.1. The molecule has 1 amide bonds. The molecule has 1 aliphatic rings. The number of primary sulfonamides is 1. The molecule has 1 aromatic rings. The van der Waals surface area contributed by atoms with E-state index >= 15 is 0 Å². The molecule has 7 heteroatoms. The molecule has 1 unspecified atom stereocenters. The Balaban J connectivity index is 2.36. The highest BCUT2D eigenvalue weighted by molar-refractivity contribution is 7.89. The molecule has 122 valence electrons. The van der Waals surface area contributed by atoms with Crippen LogP contribution in [0.15, 0.2) is 17.0 Å². The summed E-state index contributed by atoms with van der Waals surface area (Å²) in [6, 6.07) is 3.00. The summed E-state index contributed by atoms with van der Waals surface area (Å²) in [7, 11) is -3.87. The maximum atomic E-state index is 12.5. The number of sulfonamides is 1. The van der Waals surface area contributed by atoms with Crippen molar-refractivity contribution in [1.29, 1.82) is 0 Å². The average Bonchev–Trinajstić information content (AvgIpc) is 3.24. The van der Waals surface area contributed by atoms with Crippen molar-refractivity contribution in [3.8, 4) is 0 Å². The van der Waals surface area contributed by atoms with Gasteiger partial charge in [-0.05, 0) is 62.8 Å². The highest BCUT2D eigenvalue weighted by Gasteiger charge is 2.41. The molecule has 1 atom stereocenters. The lowest BCUT2D eigenvalue weighted by atomic mass is 9.95. The van der Waals surface area contributed by atoms with Gasteiger partial charge in [0.05, 0.1) is 10.4 Å². The van der Waals surface area contributed by atoms with Crippen LogP contribution in [-0.2, 0) is 10.0 Å². The maximum Gasteiger partial charge on any atom is 0.251 e. The summed E-state index contributed by atoms with van der Waals surface area (Å²) < 4.78 is 23.3. The van der Waals surface area contributed by atoms with Crippen LogP contribution in [0.1, 0.15) is 41.3 Å². The zero-order chi connectivity index (χ0) is 16.7. The quantitative estimate of drug-likeness (QED) is 0.743. The fraction of sp³-hybridized carbons (Fsp3) is 0.533. The fourth-order valence-electron chi connectivity index (χ4n) is 2.63. The Morgan fingerprint density at radius 2 is 1.95 bits per heavy atom. The van der Waals surface area contributed by atoms with Crippen molar-refractivity contribution in [1.82, 2.24) is 5.32 Å². The van der Waals surface area contributed by atoms with Crippen LogP contribution in [0.25, 0.3) is 0 Å². The lowest BCUT2D eigenvalue weighted by molar-refractivity contribution is 0.0897. The van der Waals surface area contributed by atoms with Gasteiger partial charge in [0.25, 0.3) is 5.91 Å². The van der Waals surface area contributed by atoms with Crippen molar-refractivity contribution < 1.29 is 13.2 Å². The Labute approximate surface area is 131 Å². The highest BCUT2D eigenvalue weighted by Crippen LogP contribution is 2.39. The Morgan fingerprint density at radius 3 is 2.41 bits per heavy atom. The van der Waals surface area contributed by atoms with Crippen LogP contribution in [-0.4, -0.2) is 26.4 Å². The van der Waals surface area contributed by atoms with Crippen molar-refractivity contribution in [2.24, 2.45) is 16.8 Å². The molecule has 0 radical (unpaired) electrons. The normalized spacial score (nSPS) is 17.9. The summed E-state index contributed by atoms with van der Waals surface area (Å²) in [5.41, 5.74) is 6.89. The predicted octanol–water partition coefficient (Wildman–Crippen LogP) is 0.808. The number of nitrogens with one attached hydrogen (secondary N) is 1. The van der Waals surface area contributed by atoms with Crippen molar-refractivity contribution in [3.63, 3.8) is 0 Å². The first-order valence-corrected chi connectivity index (χ1v) is 8.80. The number of amides is 1. The number of carbonyl (C=O) groups excluding carboxylic acids is 1. The molecule has 0 spiro atoms. The van der Waals surface area contributed by atoms with Crippen LogP contribution in [0.3, 0.4) is 0 Å². The summed E-state index contributed by atoms with van der Waals surface area (Å²) in [4.78, 5) is 12.5. The minimum Gasteiger partial charge on any atom is -0.345 e. The molecule has 0 heterocycles. The molecule has 1 aromatic carbocycles. The van der Waals surface area contributed by atoms with Gasteiger partial charge in [-0.2, -0.15) is 0 Å². The predicted molar refractivity (Wildman–Crippen MR) is 84.9 cm³/mol. The van der Waals surface area contributed by atoms with Crippen LogP contribution in [0.2, 0.25) is 0 Å². The second-order valence-electron chi connectivity index (χ2n) is 6.31. The summed E-state index contributed by atoms with van der Waals surface area (Å²) in [5, 5.41) is 8.17. The van der Waals surface area contributed by atoms with Gasteiger partial charge in [0.2, 0.25) is 10.0 Å². The Morgan fingerprint density at radius 1 is 1.36 bits per heavy atom. The maximum absolute atomic E-state index is 12.5. The van der Waals surface area contributed by atoms with E-state index in [1.165, 1.54) is 6.07 Å². The zero-order valence-corrected chi connectivity index (χ0v) is 14.0. The van der Waals surface area contributed by atoms with Gasteiger partial charge < -0.3 is 11.1 Å².